The highest BCUT2D eigenvalue weighted by Gasteiger charge is 2.41. The summed E-state index contributed by atoms with van der Waals surface area (Å²) in [6.45, 7) is 1.40. The van der Waals surface area contributed by atoms with E-state index in [1.165, 1.54) is 6.92 Å². The maximum Gasteiger partial charge on any atom is 0.336 e. The molecule has 5 nitrogen and oxygen atoms in total. The van der Waals surface area contributed by atoms with Gasteiger partial charge in [-0.3, -0.25) is 9.59 Å². The van der Waals surface area contributed by atoms with Crippen molar-refractivity contribution in [1.82, 2.24) is 0 Å². The highest BCUT2D eigenvalue weighted by Crippen LogP contribution is 2.30. The number of fused-ring (bicyclic) bond motifs is 1. The van der Waals surface area contributed by atoms with Crippen LogP contribution in [0.4, 0.5) is 18.9 Å². The molecule has 0 aliphatic carbocycles. The fourth-order valence-corrected chi connectivity index (χ4v) is 1.78. The molecule has 1 aliphatic heterocycles. The van der Waals surface area contributed by atoms with Crippen molar-refractivity contribution in [3.63, 3.8) is 0 Å². The van der Waals surface area contributed by atoms with Crippen molar-refractivity contribution in [2.24, 2.45) is 0 Å². The zero-order chi connectivity index (χ0) is 15.0. The van der Waals surface area contributed by atoms with Crippen molar-refractivity contribution < 1.29 is 32.3 Å². The lowest BCUT2D eigenvalue weighted by atomic mass is 9.95. The van der Waals surface area contributed by atoms with E-state index in [1.807, 2.05) is 0 Å². The van der Waals surface area contributed by atoms with E-state index in [0.717, 1.165) is 0 Å². The molecule has 8 heteroatoms. The number of Topliss-reactive ketones (excluding diaryl/α,β-unsaturated/α-hetero) is 2. The molecule has 1 aromatic rings. The fraction of sp³-hybridized carbons (Fsp3) is 0.250. The minimum absolute atomic E-state index is 0.0639. The first kappa shape index (κ1) is 14.0. The van der Waals surface area contributed by atoms with Crippen molar-refractivity contribution >= 4 is 23.2 Å². The van der Waals surface area contributed by atoms with Gasteiger partial charge < -0.3 is 10.1 Å². The first-order valence-corrected chi connectivity index (χ1v) is 5.57. The number of esters is 1. The Balaban J connectivity index is 2.52. The van der Waals surface area contributed by atoms with Crippen LogP contribution in [0.2, 0.25) is 0 Å². The summed E-state index contributed by atoms with van der Waals surface area (Å²) in [5.74, 6) is -8.67. The molecule has 1 aromatic carbocycles. The van der Waals surface area contributed by atoms with Crippen LogP contribution < -0.4 is 5.32 Å². The summed E-state index contributed by atoms with van der Waals surface area (Å²) in [6, 6.07) is -1.36. The smallest absolute Gasteiger partial charge is 0.336 e. The van der Waals surface area contributed by atoms with Crippen molar-refractivity contribution in [3.8, 4) is 0 Å². The second kappa shape index (κ2) is 4.95. The van der Waals surface area contributed by atoms with Gasteiger partial charge in [0.05, 0.1) is 17.9 Å². The number of carbonyl (C=O) groups excluding carboxylic acids is 3. The van der Waals surface area contributed by atoms with E-state index in [9.17, 15) is 27.6 Å². The Morgan fingerprint density at radius 3 is 2.55 bits per heavy atom. The Morgan fingerprint density at radius 2 is 1.95 bits per heavy atom. The molecule has 0 bridgehead atoms. The molecule has 106 valence electrons. The second-order valence-corrected chi connectivity index (χ2v) is 3.93. The molecule has 0 fully saturated rings. The van der Waals surface area contributed by atoms with Crippen LogP contribution in [-0.4, -0.2) is 30.2 Å². The Bertz CT molecular complexity index is 630. The van der Waals surface area contributed by atoms with E-state index < -0.39 is 52.3 Å². The number of ether oxygens (including phenoxy) is 1. The molecule has 2 rings (SSSR count). The molecule has 1 heterocycles. The summed E-state index contributed by atoms with van der Waals surface area (Å²) in [5, 5.41) is 2.07. The highest BCUT2D eigenvalue weighted by molar-refractivity contribution is 6.51. The quantitative estimate of drug-likeness (QED) is 0.383. The third-order valence-corrected chi connectivity index (χ3v) is 2.70. The van der Waals surface area contributed by atoms with Crippen LogP contribution in [0.5, 0.6) is 0 Å². The number of benzene rings is 1. The normalized spacial score (nSPS) is 17.5. The molecule has 0 saturated carbocycles. The fourth-order valence-electron chi connectivity index (χ4n) is 1.78. The van der Waals surface area contributed by atoms with Crippen LogP contribution >= 0.6 is 0 Å². The van der Waals surface area contributed by atoms with E-state index in [-0.39, 0.29) is 6.61 Å². The number of nitrogens with one attached hydrogen (secondary N) is 1. The summed E-state index contributed by atoms with van der Waals surface area (Å²) in [4.78, 5) is 34.8. The number of halogens is 3. The molecule has 1 aliphatic rings. The molecule has 0 radical (unpaired) electrons. The first-order valence-electron chi connectivity index (χ1n) is 5.57. The van der Waals surface area contributed by atoms with Crippen LogP contribution in [0.15, 0.2) is 6.07 Å². The number of anilines is 1. The van der Waals surface area contributed by atoms with Crippen LogP contribution in [0.3, 0.4) is 0 Å². The molecule has 0 aromatic heterocycles. The van der Waals surface area contributed by atoms with Gasteiger partial charge in [-0.1, -0.05) is 0 Å². The minimum Gasteiger partial charge on any atom is -0.464 e. The van der Waals surface area contributed by atoms with Gasteiger partial charge >= 0.3 is 5.97 Å². The highest BCUT2D eigenvalue weighted by atomic mass is 19.2. The van der Waals surface area contributed by atoms with Gasteiger partial charge in [0, 0.05) is 0 Å². The van der Waals surface area contributed by atoms with Gasteiger partial charge in [-0.2, -0.15) is 0 Å². The van der Waals surface area contributed by atoms with Crippen molar-refractivity contribution in [1.29, 1.82) is 0 Å². The molecule has 1 unspecified atom stereocenters. The molecule has 0 spiro atoms. The summed E-state index contributed by atoms with van der Waals surface area (Å²) in [6.07, 6.45) is 0. The summed E-state index contributed by atoms with van der Waals surface area (Å²) in [7, 11) is 0. The third-order valence-electron chi connectivity index (χ3n) is 2.70. The van der Waals surface area contributed by atoms with Crippen LogP contribution in [0.25, 0.3) is 0 Å². The average molecular weight is 287 g/mol. The minimum atomic E-state index is -1.80. The summed E-state index contributed by atoms with van der Waals surface area (Å²) in [5.41, 5.74) is -1.39. The third kappa shape index (κ3) is 2.02. The van der Waals surface area contributed by atoms with E-state index in [2.05, 4.69) is 10.1 Å². The SMILES string of the molecule is CCOC(=O)C1Nc2c(cc(F)c(F)c2F)C(=O)C1=O. The van der Waals surface area contributed by atoms with E-state index in [4.69, 9.17) is 0 Å². The van der Waals surface area contributed by atoms with Crippen molar-refractivity contribution in [2.75, 3.05) is 11.9 Å². The maximum absolute atomic E-state index is 13.6. The lowest BCUT2D eigenvalue weighted by molar-refractivity contribution is -0.146. The predicted octanol–water partition coefficient (Wildman–Crippen LogP) is 1.21. The Labute approximate surface area is 110 Å². The molecule has 1 N–H and O–H groups in total. The van der Waals surface area contributed by atoms with Gasteiger partial charge in [0.1, 0.15) is 0 Å². The molecular formula is C12H8F3NO4. The first-order chi connectivity index (χ1) is 9.38. The zero-order valence-electron chi connectivity index (χ0n) is 10.1. The number of hydrogen-bond donors (Lipinski definition) is 1. The number of rotatable bonds is 2. The van der Waals surface area contributed by atoms with Crippen LogP contribution in [0.1, 0.15) is 17.3 Å². The van der Waals surface area contributed by atoms with E-state index >= 15 is 0 Å². The van der Waals surface area contributed by atoms with Gasteiger partial charge in [0.25, 0.3) is 0 Å². The molecule has 0 amide bonds. The Morgan fingerprint density at radius 1 is 1.30 bits per heavy atom. The monoisotopic (exact) mass is 287 g/mol. The number of carbonyl (C=O) groups is 3. The van der Waals surface area contributed by atoms with Gasteiger partial charge in [-0.15, -0.1) is 0 Å². The predicted molar refractivity (Wildman–Crippen MR) is 59.7 cm³/mol. The zero-order valence-corrected chi connectivity index (χ0v) is 10.1. The largest absolute Gasteiger partial charge is 0.464 e. The Hall–Kier alpha value is -2.38. The Kier molecular flexibility index (Phi) is 3.47. The van der Waals surface area contributed by atoms with E-state index in [1.54, 1.807) is 0 Å². The second-order valence-electron chi connectivity index (χ2n) is 3.93. The average Bonchev–Trinajstić information content (AvgIpc) is 2.41. The molecule has 20 heavy (non-hydrogen) atoms. The molecule has 1 atom stereocenters. The van der Waals surface area contributed by atoms with Crippen molar-refractivity contribution in [2.45, 2.75) is 13.0 Å². The summed E-state index contributed by atoms with van der Waals surface area (Å²) >= 11 is 0. The van der Waals surface area contributed by atoms with Gasteiger partial charge in [0.15, 0.2) is 23.5 Å². The van der Waals surface area contributed by atoms with Crippen LogP contribution in [-0.2, 0) is 14.3 Å². The standard InChI is InChI=1S/C12H8F3NO4/c1-2-20-12(19)9-11(18)10(17)4-3-5(13)6(14)7(15)8(4)16-9/h3,9,16H,2H2,1H3. The lowest BCUT2D eigenvalue weighted by Crippen LogP contribution is -2.46. The van der Waals surface area contributed by atoms with Crippen LogP contribution in [0, 0.1) is 17.5 Å². The molecular weight excluding hydrogens is 279 g/mol. The topological polar surface area (TPSA) is 72.5 Å². The number of hydrogen-bond acceptors (Lipinski definition) is 5. The van der Waals surface area contributed by atoms with Gasteiger partial charge in [0.2, 0.25) is 11.6 Å². The molecule has 0 saturated heterocycles. The maximum atomic E-state index is 13.6. The van der Waals surface area contributed by atoms with Gasteiger partial charge in [-0.25, -0.2) is 18.0 Å². The van der Waals surface area contributed by atoms with E-state index in [0.29, 0.717) is 6.07 Å². The van der Waals surface area contributed by atoms with Gasteiger partial charge in [-0.05, 0) is 13.0 Å². The lowest BCUT2D eigenvalue weighted by Gasteiger charge is -2.23. The van der Waals surface area contributed by atoms with Crippen molar-refractivity contribution in [3.05, 3.63) is 29.1 Å². The number of ketones is 2. The summed E-state index contributed by atoms with van der Waals surface area (Å²) < 4.78 is 44.3.